The second kappa shape index (κ2) is 8.86. The second-order valence-electron chi connectivity index (χ2n) is 9.16. The molecule has 0 aliphatic carbocycles. The van der Waals surface area contributed by atoms with Crippen molar-refractivity contribution < 1.29 is 9.53 Å². The Balaban J connectivity index is 1.74. The van der Waals surface area contributed by atoms with Crippen molar-refractivity contribution in [2.75, 3.05) is 11.1 Å². The van der Waals surface area contributed by atoms with Crippen LogP contribution in [-0.4, -0.2) is 20.9 Å². The Morgan fingerprint density at radius 3 is 2.58 bits per heavy atom. The molecule has 0 saturated heterocycles. The molecular weight excluding hydrogens is 414 g/mol. The number of aromatic nitrogens is 3. The number of carbonyl (C=O) groups is 1. The van der Waals surface area contributed by atoms with Gasteiger partial charge >= 0.3 is 0 Å². The minimum Gasteiger partial charge on any atom is -0.437 e. The van der Waals surface area contributed by atoms with E-state index >= 15 is 0 Å². The molecule has 2 aromatic heterocycles. The number of fused-ring (bicyclic) bond motifs is 1. The normalized spacial score (nSPS) is 11.4. The van der Waals surface area contributed by atoms with E-state index < -0.39 is 0 Å². The monoisotopic (exact) mass is 441 g/mol. The molecule has 4 rings (SSSR count). The fourth-order valence-corrected chi connectivity index (χ4v) is 3.65. The Labute approximate surface area is 193 Å². The zero-order valence-corrected chi connectivity index (χ0v) is 19.2. The third kappa shape index (κ3) is 5.09. The molecule has 0 saturated carbocycles. The first kappa shape index (κ1) is 22.2. The maximum absolute atomic E-state index is 12.6. The molecule has 4 aromatic rings. The molecular formula is C26H27N5O2. The Morgan fingerprint density at radius 1 is 1.00 bits per heavy atom. The highest BCUT2D eigenvalue weighted by atomic mass is 16.5. The van der Waals surface area contributed by atoms with E-state index in [4.69, 9.17) is 10.5 Å². The smallest absolute Gasteiger partial charge is 0.228 e. The van der Waals surface area contributed by atoms with Gasteiger partial charge in [-0.1, -0.05) is 45.0 Å². The van der Waals surface area contributed by atoms with E-state index in [1.54, 1.807) is 18.5 Å². The van der Waals surface area contributed by atoms with Gasteiger partial charge in [-0.15, -0.1) is 0 Å². The molecule has 168 valence electrons. The lowest BCUT2D eigenvalue weighted by atomic mass is 9.92. The van der Waals surface area contributed by atoms with Crippen molar-refractivity contribution in [2.24, 2.45) is 5.41 Å². The van der Waals surface area contributed by atoms with Crippen LogP contribution >= 0.6 is 0 Å². The lowest BCUT2D eigenvalue weighted by Crippen LogP contribution is -2.19. The minimum absolute atomic E-state index is 0.0218. The van der Waals surface area contributed by atoms with Crippen molar-refractivity contribution in [2.45, 2.75) is 34.1 Å². The molecule has 2 aromatic carbocycles. The van der Waals surface area contributed by atoms with Gasteiger partial charge in [0, 0.05) is 35.3 Å². The molecule has 33 heavy (non-hydrogen) atoms. The summed E-state index contributed by atoms with van der Waals surface area (Å²) in [7, 11) is 0. The molecule has 1 amide bonds. The van der Waals surface area contributed by atoms with Crippen molar-refractivity contribution >= 4 is 28.3 Å². The number of hydrogen-bond acceptors (Lipinski definition) is 6. The fraction of sp³-hybridized carbons (Fsp3) is 0.231. The second-order valence-corrected chi connectivity index (χ2v) is 9.16. The highest BCUT2D eigenvalue weighted by molar-refractivity contribution is 6.04. The SMILES string of the molecule is Cc1ccc2c(NC(=O)CC(C)(C)C)cccc2c1Oc1ncccc1-c1ccnc(N)n1. The number of anilines is 2. The summed E-state index contributed by atoms with van der Waals surface area (Å²) in [6.45, 7) is 8.10. The first-order chi connectivity index (χ1) is 15.7. The fourth-order valence-electron chi connectivity index (χ4n) is 3.65. The Morgan fingerprint density at radius 2 is 1.82 bits per heavy atom. The molecule has 0 atom stereocenters. The average molecular weight is 442 g/mol. The van der Waals surface area contributed by atoms with Crippen LogP contribution in [0.5, 0.6) is 11.6 Å². The maximum Gasteiger partial charge on any atom is 0.228 e. The van der Waals surface area contributed by atoms with Crippen LogP contribution in [0.3, 0.4) is 0 Å². The lowest BCUT2D eigenvalue weighted by molar-refractivity contribution is -0.117. The van der Waals surface area contributed by atoms with Gasteiger partial charge in [0.1, 0.15) is 5.75 Å². The molecule has 0 aliphatic heterocycles. The van der Waals surface area contributed by atoms with Crippen LogP contribution in [0.2, 0.25) is 0 Å². The highest BCUT2D eigenvalue weighted by Gasteiger charge is 2.18. The van der Waals surface area contributed by atoms with Crippen LogP contribution in [0.1, 0.15) is 32.8 Å². The van der Waals surface area contributed by atoms with Crippen molar-refractivity contribution in [3.8, 4) is 22.9 Å². The Hall–Kier alpha value is -4.00. The first-order valence-corrected chi connectivity index (χ1v) is 10.8. The summed E-state index contributed by atoms with van der Waals surface area (Å²) in [4.78, 5) is 25.3. The van der Waals surface area contributed by atoms with Crippen LogP contribution in [0, 0.1) is 12.3 Å². The quantitative estimate of drug-likeness (QED) is 0.409. The van der Waals surface area contributed by atoms with Crippen LogP contribution in [0.4, 0.5) is 11.6 Å². The number of pyridine rings is 1. The number of benzene rings is 2. The number of nitrogens with one attached hydrogen (secondary N) is 1. The number of ether oxygens (including phenoxy) is 1. The van der Waals surface area contributed by atoms with Gasteiger partial charge in [-0.3, -0.25) is 4.79 Å². The lowest BCUT2D eigenvalue weighted by Gasteiger charge is -2.19. The summed E-state index contributed by atoms with van der Waals surface area (Å²) in [5.74, 6) is 1.24. The van der Waals surface area contributed by atoms with Crippen LogP contribution in [0.25, 0.3) is 22.0 Å². The van der Waals surface area contributed by atoms with E-state index in [1.807, 2.05) is 70.2 Å². The van der Waals surface area contributed by atoms with Crippen molar-refractivity contribution in [1.29, 1.82) is 0 Å². The van der Waals surface area contributed by atoms with Gasteiger partial charge in [-0.25, -0.2) is 15.0 Å². The number of amides is 1. The molecule has 0 fully saturated rings. The number of nitrogens with zero attached hydrogens (tertiary/aromatic N) is 3. The molecule has 3 N–H and O–H groups in total. The van der Waals surface area contributed by atoms with Crippen LogP contribution < -0.4 is 15.8 Å². The van der Waals surface area contributed by atoms with Gasteiger partial charge in [0.25, 0.3) is 0 Å². The first-order valence-electron chi connectivity index (χ1n) is 10.8. The molecule has 0 aliphatic rings. The van der Waals surface area contributed by atoms with E-state index in [0.29, 0.717) is 29.3 Å². The Kier molecular flexibility index (Phi) is 5.96. The molecule has 7 heteroatoms. The van der Waals surface area contributed by atoms with Gasteiger partial charge in [0.2, 0.25) is 17.7 Å². The zero-order chi connectivity index (χ0) is 23.6. The summed E-state index contributed by atoms with van der Waals surface area (Å²) in [6.07, 6.45) is 3.70. The largest absolute Gasteiger partial charge is 0.437 e. The number of hydrogen-bond donors (Lipinski definition) is 2. The van der Waals surface area contributed by atoms with E-state index in [0.717, 1.165) is 22.0 Å². The molecule has 7 nitrogen and oxygen atoms in total. The minimum atomic E-state index is -0.0979. The maximum atomic E-state index is 12.6. The van der Waals surface area contributed by atoms with Crippen molar-refractivity contribution in [1.82, 2.24) is 15.0 Å². The summed E-state index contributed by atoms with van der Waals surface area (Å²) < 4.78 is 6.36. The van der Waals surface area contributed by atoms with Gasteiger partial charge < -0.3 is 15.8 Å². The highest BCUT2D eigenvalue weighted by Crippen LogP contribution is 2.38. The number of aryl methyl sites for hydroxylation is 1. The predicted octanol–water partition coefficient (Wildman–Crippen LogP) is 5.75. The summed E-state index contributed by atoms with van der Waals surface area (Å²) >= 11 is 0. The number of rotatable bonds is 5. The molecule has 0 unspecified atom stereocenters. The third-order valence-electron chi connectivity index (χ3n) is 5.09. The van der Waals surface area contributed by atoms with Gasteiger partial charge in [0.05, 0.1) is 11.3 Å². The van der Waals surface area contributed by atoms with Crippen LogP contribution in [-0.2, 0) is 4.79 Å². The average Bonchev–Trinajstić information content (AvgIpc) is 2.75. The molecule has 2 heterocycles. The van der Waals surface area contributed by atoms with Gasteiger partial charge in [-0.2, -0.15) is 0 Å². The van der Waals surface area contributed by atoms with E-state index in [2.05, 4.69) is 20.3 Å². The predicted molar refractivity (Wildman–Crippen MR) is 131 cm³/mol. The number of nitrogen functional groups attached to an aromatic ring is 1. The third-order valence-corrected chi connectivity index (χ3v) is 5.09. The standard InChI is InChI=1S/C26H27N5O2/c1-16-10-11-17-18(7-5-9-20(17)30-22(32)15-26(2,3)4)23(16)33-24-19(8-6-13-28-24)21-12-14-29-25(27)31-21/h5-14H,15H2,1-4H3,(H,30,32)(H2,27,29,31). The number of nitrogens with two attached hydrogens (primary N) is 1. The molecule has 0 bridgehead atoms. The summed E-state index contributed by atoms with van der Waals surface area (Å²) in [5, 5.41) is 4.82. The number of carbonyl (C=O) groups excluding carboxylic acids is 1. The topological polar surface area (TPSA) is 103 Å². The van der Waals surface area contributed by atoms with Crippen molar-refractivity contribution in [3.63, 3.8) is 0 Å². The van der Waals surface area contributed by atoms with Gasteiger partial charge in [-0.05, 0) is 42.2 Å². The van der Waals surface area contributed by atoms with Crippen molar-refractivity contribution in [3.05, 3.63) is 66.5 Å². The molecule has 0 radical (unpaired) electrons. The summed E-state index contributed by atoms with van der Waals surface area (Å²) in [5.41, 5.74) is 8.70. The summed E-state index contributed by atoms with van der Waals surface area (Å²) in [6, 6.07) is 15.2. The van der Waals surface area contributed by atoms with E-state index in [9.17, 15) is 4.79 Å². The zero-order valence-electron chi connectivity index (χ0n) is 19.2. The van der Waals surface area contributed by atoms with Gasteiger partial charge in [0.15, 0.2) is 0 Å². The van der Waals surface area contributed by atoms with Crippen LogP contribution in [0.15, 0.2) is 60.9 Å². The molecule has 0 spiro atoms. The van der Waals surface area contributed by atoms with E-state index in [1.165, 1.54) is 0 Å². The Bertz CT molecular complexity index is 1330. The van der Waals surface area contributed by atoms with E-state index in [-0.39, 0.29) is 17.3 Å².